The van der Waals surface area contributed by atoms with Crippen LogP contribution in [0.2, 0.25) is 5.28 Å². The number of rotatable bonds is 3. The highest BCUT2D eigenvalue weighted by Crippen LogP contribution is 2.29. The summed E-state index contributed by atoms with van der Waals surface area (Å²) in [6.07, 6.45) is 3.66. The second kappa shape index (κ2) is 5.40. The van der Waals surface area contributed by atoms with E-state index in [1.165, 1.54) is 0 Å². The number of benzene rings is 1. The van der Waals surface area contributed by atoms with Gasteiger partial charge < -0.3 is 9.88 Å². The molecule has 0 aliphatic carbocycles. The molecular weight excluding hydrogens is 318 g/mol. The minimum atomic E-state index is 0.218. The van der Waals surface area contributed by atoms with Crippen LogP contribution in [-0.2, 0) is 0 Å². The van der Waals surface area contributed by atoms with Crippen LogP contribution in [0.25, 0.3) is 15.9 Å². The molecule has 0 radical (unpaired) electrons. The Bertz CT molecular complexity index is 931. The molecule has 1 aromatic carbocycles. The molecule has 0 unspecified atom stereocenters. The highest BCUT2D eigenvalue weighted by molar-refractivity contribution is 7.17. The SMILES string of the molecule is Clc1nc(Nc2cn(-c3ccccc3)cn2)c2sccc2n1. The smallest absolute Gasteiger partial charge is 0.224 e. The second-order valence-corrected chi connectivity index (χ2v) is 5.86. The van der Waals surface area contributed by atoms with Crippen LogP contribution in [0, 0.1) is 0 Å². The van der Waals surface area contributed by atoms with Crippen molar-refractivity contribution < 1.29 is 0 Å². The van der Waals surface area contributed by atoms with Crippen LogP contribution in [-0.4, -0.2) is 19.5 Å². The third kappa shape index (κ3) is 2.43. The van der Waals surface area contributed by atoms with Crippen LogP contribution in [0.5, 0.6) is 0 Å². The molecule has 0 bridgehead atoms. The third-order valence-electron chi connectivity index (χ3n) is 3.16. The molecule has 0 atom stereocenters. The highest BCUT2D eigenvalue weighted by Gasteiger charge is 2.09. The molecule has 0 amide bonds. The largest absolute Gasteiger partial charge is 0.322 e. The lowest BCUT2D eigenvalue weighted by Crippen LogP contribution is -1.96. The van der Waals surface area contributed by atoms with Crippen molar-refractivity contribution in [3.63, 3.8) is 0 Å². The topological polar surface area (TPSA) is 55.6 Å². The van der Waals surface area contributed by atoms with Gasteiger partial charge in [-0.3, -0.25) is 0 Å². The molecule has 3 aromatic heterocycles. The lowest BCUT2D eigenvalue weighted by molar-refractivity contribution is 1.06. The number of nitrogens with zero attached hydrogens (tertiary/aromatic N) is 4. The molecule has 108 valence electrons. The van der Waals surface area contributed by atoms with Crippen molar-refractivity contribution in [1.82, 2.24) is 19.5 Å². The molecule has 4 rings (SSSR count). The number of hydrogen-bond acceptors (Lipinski definition) is 5. The molecule has 22 heavy (non-hydrogen) atoms. The highest BCUT2D eigenvalue weighted by atomic mass is 35.5. The Morgan fingerprint density at radius 1 is 1.09 bits per heavy atom. The van der Waals surface area contributed by atoms with Gasteiger partial charge >= 0.3 is 0 Å². The molecule has 7 heteroatoms. The number of thiophene rings is 1. The number of hydrogen-bond donors (Lipinski definition) is 1. The molecule has 0 spiro atoms. The summed E-state index contributed by atoms with van der Waals surface area (Å²) in [7, 11) is 0. The first-order valence-electron chi connectivity index (χ1n) is 6.57. The van der Waals surface area contributed by atoms with E-state index in [2.05, 4.69) is 20.3 Å². The van der Waals surface area contributed by atoms with Gasteiger partial charge in [-0.15, -0.1) is 11.3 Å². The number of imidazole rings is 1. The van der Waals surface area contributed by atoms with Crippen LogP contribution >= 0.6 is 22.9 Å². The molecule has 0 aliphatic rings. The number of nitrogens with one attached hydrogen (secondary N) is 1. The Morgan fingerprint density at radius 2 is 1.95 bits per heavy atom. The van der Waals surface area contributed by atoms with Crippen molar-refractivity contribution in [3.05, 3.63) is 59.6 Å². The van der Waals surface area contributed by atoms with Crippen LogP contribution in [0.4, 0.5) is 11.6 Å². The first-order valence-corrected chi connectivity index (χ1v) is 7.82. The van der Waals surface area contributed by atoms with Gasteiger partial charge in [0, 0.05) is 5.69 Å². The molecule has 4 aromatic rings. The number of para-hydroxylation sites is 1. The van der Waals surface area contributed by atoms with E-state index in [1.54, 1.807) is 17.7 Å². The average molecular weight is 328 g/mol. The van der Waals surface area contributed by atoms with Gasteiger partial charge in [-0.05, 0) is 35.2 Å². The summed E-state index contributed by atoms with van der Waals surface area (Å²) >= 11 is 7.53. The zero-order valence-electron chi connectivity index (χ0n) is 11.3. The lowest BCUT2D eigenvalue weighted by Gasteiger charge is -2.04. The maximum Gasteiger partial charge on any atom is 0.224 e. The van der Waals surface area contributed by atoms with Crippen molar-refractivity contribution in [1.29, 1.82) is 0 Å². The Morgan fingerprint density at radius 3 is 2.82 bits per heavy atom. The molecule has 0 saturated heterocycles. The standard InChI is InChI=1S/C15H10ClN5S/c16-15-18-11-6-7-22-13(11)14(20-15)19-12-8-21(9-17-12)10-4-2-1-3-5-10/h1-9H,(H,18,19,20). The lowest BCUT2D eigenvalue weighted by atomic mass is 10.3. The number of halogens is 1. The first-order chi connectivity index (χ1) is 10.8. The monoisotopic (exact) mass is 327 g/mol. The zero-order valence-corrected chi connectivity index (χ0v) is 12.8. The molecule has 0 saturated carbocycles. The Kier molecular flexibility index (Phi) is 3.25. The Balaban J connectivity index is 1.69. The van der Waals surface area contributed by atoms with E-state index in [0.717, 1.165) is 15.9 Å². The van der Waals surface area contributed by atoms with Gasteiger partial charge in [0.1, 0.15) is 12.1 Å². The van der Waals surface area contributed by atoms with Crippen molar-refractivity contribution in [2.24, 2.45) is 0 Å². The summed E-state index contributed by atoms with van der Waals surface area (Å²) in [5.74, 6) is 1.37. The van der Waals surface area contributed by atoms with Crippen molar-refractivity contribution in [3.8, 4) is 5.69 Å². The molecule has 1 N–H and O–H groups in total. The fraction of sp³-hybridized carbons (Fsp3) is 0. The Labute approximate surface area is 135 Å². The number of aromatic nitrogens is 4. The molecule has 3 heterocycles. The van der Waals surface area contributed by atoms with Crippen LogP contribution in [0.1, 0.15) is 0 Å². The van der Waals surface area contributed by atoms with Crippen molar-refractivity contribution in [2.75, 3.05) is 5.32 Å². The molecule has 0 aliphatic heterocycles. The van der Waals surface area contributed by atoms with E-state index in [-0.39, 0.29) is 5.28 Å². The van der Waals surface area contributed by atoms with Crippen LogP contribution in [0.3, 0.4) is 0 Å². The predicted octanol–water partition coefficient (Wildman–Crippen LogP) is 4.27. The van der Waals surface area contributed by atoms with E-state index in [4.69, 9.17) is 11.6 Å². The van der Waals surface area contributed by atoms with E-state index in [0.29, 0.717) is 11.6 Å². The zero-order chi connectivity index (χ0) is 14.9. The fourth-order valence-electron chi connectivity index (χ4n) is 2.17. The maximum absolute atomic E-state index is 5.96. The summed E-state index contributed by atoms with van der Waals surface area (Å²) in [4.78, 5) is 12.8. The van der Waals surface area contributed by atoms with E-state index in [9.17, 15) is 0 Å². The summed E-state index contributed by atoms with van der Waals surface area (Å²) in [5.41, 5.74) is 1.88. The molecule has 0 fully saturated rings. The minimum Gasteiger partial charge on any atom is -0.322 e. The van der Waals surface area contributed by atoms with Gasteiger partial charge in [0.15, 0.2) is 5.82 Å². The Hall–Kier alpha value is -2.44. The van der Waals surface area contributed by atoms with Crippen LogP contribution < -0.4 is 5.32 Å². The van der Waals surface area contributed by atoms with E-state index >= 15 is 0 Å². The summed E-state index contributed by atoms with van der Waals surface area (Å²) in [6, 6.07) is 11.9. The van der Waals surface area contributed by atoms with Crippen molar-refractivity contribution in [2.45, 2.75) is 0 Å². The third-order valence-corrected chi connectivity index (χ3v) is 4.24. The van der Waals surface area contributed by atoms with Gasteiger partial charge in [-0.2, -0.15) is 4.98 Å². The normalized spacial score (nSPS) is 11.0. The average Bonchev–Trinajstić information content (AvgIpc) is 3.17. The predicted molar refractivity (Wildman–Crippen MR) is 89.3 cm³/mol. The second-order valence-electron chi connectivity index (χ2n) is 4.60. The van der Waals surface area contributed by atoms with E-state index < -0.39 is 0 Å². The molecular formula is C15H10ClN5S. The van der Waals surface area contributed by atoms with Gasteiger partial charge in [0.2, 0.25) is 5.28 Å². The number of anilines is 2. The van der Waals surface area contributed by atoms with Gasteiger partial charge in [-0.25, -0.2) is 9.97 Å². The minimum absolute atomic E-state index is 0.218. The summed E-state index contributed by atoms with van der Waals surface area (Å²) in [5, 5.41) is 5.39. The van der Waals surface area contributed by atoms with Gasteiger partial charge in [0.25, 0.3) is 0 Å². The van der Waals surface area contributed by atoms with Crippen LogP contribution in [0.15, 0.2) is 54.3 Å². The van der Waals surface area contributed by atoms with Gasteiger partial charge in [-0.1, -0.05) is 18.2 Å². The van der Waals surface area contributed by atoms with Crippen molar-refractivity contribution >= 4 is 44.8 Å². The van der Waals surface area contributed by atoms with E-state index in [1.807, 2.05) is 52.5 Å². The molecule has 5 nitrogen and oxygen atoms in total. The van der Waals surface area contributed by atoms with Gasteiger partial charge in [0.05, 0.1) is 16.4 Å². The first kappa shape index (κ1) is 13.2. The summed E-state index contributed by atoms with van der Waals surface area (Å²) in [6.45, 7) is 0. The summed E-state index contributed by atoms with van der Waals surface area (Å²) < 4.78 is 2.90. The maximum atomic E-state index is 5.96. The fourth-order valence-corrected chi connectivity index (χ4v) is 3.12. The quantitative estimate of drug-likeness (QED) is 0.571. The number of fused-ring (bicyclic) bond motifs is 1.